The molecule has 0 aliphatic heterocycles. The van der Waals surface area contributed by atoms with Gasteiger partial charge in [0.1, 0.15) is 0 Å². The monoisotopic (exact) mass is 304 g/mol. The van der Waals surface area contributed by atoms with Gasteiger partial charge in [0.25, 0.3) is 0 Å². The number of nitrogens with zero attached hydrogens (tertiary/aromatic N) is 1. The predicted octanol–water partition coefficient (Wildman–Crippen LogP) is 2.68. The summed E-state index contributed by atoms with van der Waals surface area (Å²) >= 11 is 0. The van der Waals surface area contributed by atoms with E-state index < -0.39 is 11.9 Å². The van der Waals surface area contributed by atoms with Crippen molar-refractivity contribution in [1.82, 2.24) is 10.2 Å². The summed E-state index contributed by atoms with van der Waals surface area (Å²) in [7, 11) is 1.64. The minimum atomic E-state index is -0.886. The van der Waals surface area contributed by atoms with E-state index in [1.54, 1.807) is 14.0 Å². The van der Waals surface area contributed by atoms with E-state index in [0.29, 0.717) is 5.92 Å². The lowest BCUT2D eigenvalue weighted by molar-refractivity contribution is -0.141. The third-order valence-electron chi connectivity index (χ3n) is 4.37. The van der Waals surface area contributed by atoms with Crippen LogP contribution in [0.1, 0.15) is 37.7 Å². The molecule has 1 aromatic carbocycles. The summed E-state index contributed by atoms with van der Waals surface area (Å²) in [6, 6.07) is 10.2. The zero-order chi connectivity index (χ0) is 16.1. The summed E-state index contributed by atoms with van der Waals surface area (Å²) < 4.78 is 0. The molecule has 1 fully saturated rings. The number of amides is 2. The van der Waals surface area contributed by atoms with Crippen LogP contribution < -0.4 is 5.32 Å². The number of rotatable bonds is 5. The molecule has 1 aliphatic rings. The van der Waals surface area contributed by atoms with Gasteiger partial charge in [-0.15, -0.1) is 0 Å². The Balaban J connectivity index is 1.94. The average Bonchev–Trinajstić information content (AvgIpc) is 2.96. The Morgan fingerprint density at radius 1 is 1.32 bits per heavy atom. The fraction of sp³-hybridized carbons (Fsp3) is 0.529. The highest BCUT2D eigenvalue weighted by atomic mass is 16.4. The van der Waals surface area contributed by atoms with E-state index in [2.05, 4.69) is 17.4 Å². The maximum absolute atomic E-state index is 12.3. The Bertz CT molecular complexity index is 518. The largest absolute Gasteiger partial charge is 0.481 e. The molecule has 5 heteroatoms. The molecule has 1 aromatic rings. The molecule has 0 bridgehead atoms. The number of aliphatic carboxylic acids is 1. The third-order valence-corrected chi connectivity index (χ3v) is 4.37. The van der Waals surface area contributed by atoms with Gasteiger partial charge in [-0.1, -0.05) is 43.7 Å². The standard InChI is InChI=1S/C17H24N2O3/c1-12(16(20)21)11-19(2)17(22)18-15-10-6-9-14(15)13-7-4-3-5-8-13/h3-5,7-8,12,14-15H,6,9-11H2,1-2H3,(H,18,22)(H,20,21). The molecule has 3 atom stereocenters. The van der Waals surface area contributed by atoms with Crippen molar-refractivity contribution >= 4 is 12.0 Å². The number of hydrogen-bond donors (Lipinski definition) is 2. The van der Waals surface area contributed by atoms with E-state index in [-0.39, 0.29) is 18.6 Å². The van der Waals surface area contributed by atoms with Gasteiger partial charge >= 0.3 is 12.0 Å². The molecule has 22 heavy (non-hydrogen) atoms. The molecule has 3 unspecified atom stereocenters. The van der Waals surface area contributed by atoms with E-state index in [1.807, 2.05) is 18.2 Å². The van der Waals surface area contributed by atoms with E-state index >= 15 is 0 Å². The molecule has 0 radical (unpaired) electrons. The van der Waals surface area contributed by atoms with Crippen LogP contribution >= 0.6 is 0 Å². The fourth-order valence-electron chi connectivity index (χ4n) is 3.07. The van der Waals surface area contributed by atoms with Gasteiger partial charge in [0.2, 0.25) is 0 Å². The normalized spacial score (nSPS) is 22.1. The van der Waals surface area contributed by atoms with Gasteiger partial charge in [-0.05, 0) is 18.4 Å². The topological polar surface area (TPSA) is 69.6 Å². The zero-order valence-electron chi connectivity index (χ0n) is 13.2. The number of benzene rings is 1. The maximum Gasteiger partial charge on any atom is 0.317 e. The highest BCUT2D eigenvalue weighted by molar-refractivity contribution is 5.76. The second-order valence-corrected chi connectivity index (χ2v) is 6.12. The molecule has 2 N–H and O–H groups in total. The summed E-state index contributed by atoms with van der Waals surface area (Å²) in [5.41, 5.74) is 1.26. The molecule has 1 saturated carbocycles. The molecule has 0 saturated heterocycles. The molecule has 5 nitrogen and oxygen atoms in total. The van der Waals surface area contributed by atoms with Crippen LogP contribution in [0.3, 0.4) is 0 Å². The predicted molar refractivity (Wildman–Crippen MR) is 84.8 cm³/mol. The average molecular weight is 304 g/mol. The number of nitrogens with one attached hydrogen (secondary N) is 1. The first-order valence-electron chi connectivity index (χ1n) is 7.78. The van der Waals surface area contributed by atoms with Gasteiger partial charge in [-0.3, -0.25) is 4.79 Å². The smallest absolute Gasteiger partial charge is 0.317 e. The number of hydrogen-bond acceptors (Lipinski definition) is 2. The first kappa shape index (κ1) is 16.3. The van der Waals surface area contributed by atoms with Crippen LogP contribution in [0.25, 0.3) is 0 Å². The molecule has 0 spiro atoms. The van der Waals surface area contributed by atoms with Crippen molar-refractivity contribution in [2.45, 2.75) is 38.1 Å². The Labute approximate surface area is 131 Å². The van der Waals surface area contributed by atoms with Crippen molar-refractivity contribution in [3.63, 3.8) is 0 Å². The zero-order valence-corrected chi connectivity index (χ0v) is 13.2. The molecule has 0 aromatic heterocycles. The van der Waals surface area contributed by atoms with Gasteiger partial charge in [-0.25, -0.2) is 4.79 Å². The summed E-state index contributed by atoms with van der Waals surface area (Å²) in [6.07, 6.45) is 3.14. The molecular formula is C17H24N2O3. The molecule has 120 valence electrons. The SMILES string of the molecule is CC(CN(C)C(=O)NC1CCCC1c1ccccc1)C(=O)O. The van der Waals surface area contributed by atoms with Crippen molar-refractivity contribution in [3.05, 3.63) is 35.9 Å². The highest BCUT2D eigenvalue weighted by Crippen LogP contribution is 2.34. The first-order valence-corrected chi connectivity index (χ1v) is 7.78. The second-order valence-electron chi connectivity index (χ2n) is 6.12. The quantitative estimate of drug-likeness (QED) is 0.878. The fourth-order valence-corrected chi connectivity index (χ4v) is 3.07. The Morgan fingerprint density at radius 3 is 2.64 bits per heavy atom. The molecule has 2 rings (SSSR count). The minimum Gasteiger partial charge on any atom is -0.481 e. The number of urea groups is 1. The van der Waals surface area contributed by atoms with Gasteiger partial charge < -0.3 is 15.3 Å². The lowest BCUT2D eigenvalue weighted by Gasteiger charge is -2.26. The van der Waals surface area contributed by atoms with Crippen LogP contribution in [0.4, 0.5) is 4.79 Å². The Hall–Kier alpha value is -2.04. The van der Waals surface area contributed by atoms with Crippen molar-refractivity contribution in [1.29, 1.82) is 0 Å². The summed E-state index contributed by atoms with van der Waals surface area (Å²) in [4.78, 5) is 24.6. The minimum absolute atomic E-state index is 0.123. The molecular weight excluding hydrogens is 280 g/mol. The van der Waals surface area contributed by atoms with E-state index in [0.717, 1.165) is 19.3 Å². The molecule has 2 amide bonds. The lowest BCUT2D eigenvalue weighted by Crippen LogP contribution is -2.45. The van der Waals surface area contributed by atoms with Gasteiger partial charge in [0.05, 0.1) is 5.92 Å². The summed E-state index contributed by atoms with van der Waals surface area (Å²) in [6.45, 7) is 1.82. The van der Waals surface area contributed by atoms with Crippen molar-refractivity contribution in [2.24, 2.45) is 5.92 Å². The van der Waals surface area contributed by atoms with Crippen LogP contribution in [0.15, 0.2) is 30.3 Å². The van der Waals surface area contributed by atoms with Crippen molar-refractivity contribution in [3.8, 4) is 0 Å². The van der Waals surface area contributed by atoms with E-state index in [4.69, 9.17) is 5.11 Å². The molecule has 1 aliphatic carbocycles. The second kappa shape index (κ2) is 7.29. The highest BCUT2D eigenvalue weighted by Gasteiger charge is 2.30. The van der Waals surface area contributed by atoms with E-state index in [9.17, 15) is 9.59 Å². The lowest BCUT2D eigenvalue weighted by atomic mass is 9.94. The molecule has 0 heterocycles. The van der Waals surface area contributed by atoms with Crippen molar-refractivity contribution < 1.29 is 14.7 Å². The van der Waals surface area contributed by atoms with E-state index in [1.165, 1.54) is 10.5 Å². The van der Waals surface area contributed by atoms with Gasteiger partial charge in [0, 0.05) is 25.6 Å². The number of carbonyl (C=O) groups excluding carboxylic acids is 1. The van der Waals surface area contributed by atoms with Crippen LogP contribution in [0.2, 0.25) is 0 Å². The van der Waals surface area contributed by atoms with Crippen LogP contribution in [-0.4, -0.2) is 41.6 Å². The number of carboxylic acid groups (broad SMARTS) is 1. The van der Waals surface area contributed by atoms with Crippen LogP contribution in [0.5, 0.6) is 0 Å². The summed E-state index contributed by atoms with van der Waals surface area (Å²) in [5.74, 6) is -1.11. The van der Waals surface area contributed by atoms with Crippen LogP contribution in [0, 0.1) is 5.92 Å². The Morgan fingerprint density at radius 2 is 2.00 bits per heavy atom. The first-order chi connectivity index (χ1) is 10.5. The van der Waals surface area contributed by atoms with Crippen molar-refractivity contribution in [2.75, 3.05) is 13.6 Å². The summed E-state index contributed by atoms with van der Waals surface area (Å²) in [5, 5.41) is 12.0. The third kappa shape index (κ3) is 4.00. The van der Waals surface area contributed by atoms with Gasteiger partial charge in [-0.2, -0.15) is 0 Å². The number of carboxylic acids is 1. The maximum atomic E-state index is 12.3. The Kier molecular flexibility index (Phi) is 5.41. The number of carbonyl (C=O) groups is 2. The van der Waals surface area contributed by atoms with Gasteiger partial charge in [0.15, 0.2) is 0 Å². The van der Waals surface area contributed by atoms with Crippen LogP contribution in [-0.2, 0) is 4.79 Å².